The molecule has 0 fully saturated rings. The van der Waals surface area contributed by atoms with Crippen LogP contribution in [0.1, 0.15) is 24.2 Å². The van der Waals surface area contributed by atoms with E-state index in [1.54, 1.807) is 13.0 Å². The Morgan fingerprint density at radius 2 is 2.29 bits per heavy atom. The molecular formula is C11H13NO2. The van der Waals surface area contributed by atoms with E-state index in [1.165, 1.54) is 0 Å². The molecule has 14 heavy (non-hydrogen) atoms. The largest absolute Gasteiger partial charge is 0.478 e. The van der Waals surface area contributed by atoms with Gasteiger partial charge in [0, 0.05) is 5.56 Å². The second-order valence-corrected chi connectivity index (χ2v) is 3.16. The number of aliphatic hydroxyl groups excluding tert-OH is 1. The molecule has 0 aromatic heterocycles. The molecule has 0 aliphatic carbocycles. The van der Waals surface area contributed by atoms with Gasteiger partial charge in [-0.05, 0) is 26.0 Å². The standard InChI is InChI=1S/C11H13NO2/c1-8-3-4-11(14-6-5-12)10(7-8)9(2)13/h3-4,7,9,13H,6H2,1-2H3. The van der Waals surface area contributed by atoms with Crippen molar-refractivity contribution in [3.8, 4) is 11.8 Å². The van der Waals surface area contributed by atoms with Crippen molar-refractivity contribution in [2.75, 3.05) is 6.61 Å². The summed E-state index contributed by atoms with van der Waals surface area (Å²) in [4.78, 5) is 0. The SMILES string of the molecule is Cc1ccc(OCC#N)c(C(C)O)c1. The smallest absolute Gasteiger partial charge is 0.174 e. The molecule has 0 heterocycles. The first-order chi connectivity index (χ1) is 6.65. The quantitative estimate of drug-likeness (QED) is 0.794. The molecule has 0 radical (unpaired) electrons. The number of aliphatic hydroxyl groups is 1. The number of ether oxygens (including phenoxy) is 1. The summed E-state index contributed by atoms with van der Waals surface area (Å²) in [5.74, 6) is 0.576. The second-order valence-electron chi connectivity index (χ2n) is 3.16. The van der Waals surface area contributed by atoms with E-state index in [0.717, 1.165) is 11.1 Å². The third-order valence-electron chi connectivity index (χ3n) is 1.91. The summed E-state index contributed by atoms with van der Waals surface area (Å²) >= 11 is 0. The Morgan fingerprint density at radius 1 is 1.57 bits per heavy atom. The summed E-state index contributed by atoms with van der Waals surface area (Å²) in [5.41, 5.74) is 1.78. The fourth-order valence-corrected chi connectivity index (χ4v) is 1.24. The molecule has 74 valence electrons. The Balaban J connectivity index is 2.97. The lowest BCUT2D eigenvalue weighted by Gasteiger charge is -2.12. The zero-order valence-corrected chi connectivity index (χ0v) is 8.32. The Bertz CT molecular complexity index is 353. The maximum absolute atomic E-state index is 9.47. The number of benzene rings is 1. The monoisotopic (exact) mass is 191 g/mol. The first-order valence-electron chi connectivity index (χ1n) is 4.43. The first-order valence-corrected chi connectivity index (χ1v) is 4.43. The van der Waals surface area contributed by atoms with Crippen molar-refractivity contribution in [2.24, 2.45) is 0 Å². The topological polar surface area (TPSA) is 53.2 Å². The van der Waals surface area contributed by atoms with Crippen LogP contribution in [0.2, 0.25) is 0 Å². The predicted octanol–water partition coefficient (Wildman–Crippen LogP) is 1.95. The fraction of sp³-hybridized carbons (Fsp3) is 0.364. The number of aryl methyl sites for hydroxylation is 1. The van der Waals surface area contributed by atoms with Gasteiger partial charge in [0.25, 0.3) is 0 Å². The molecule has 0 saturated carbocycles. The van der Waals surface area contributed by atoms with Crippen LogP contribution in [0.15, 0.2) is 18.2 Å². The Morgan fingerprint density at radius 3 is 2.86 bits per heavy atom. The third-order valence-corrected chi connectivity index (χ3v) is 1.91. The zero-order valence-electron chi connectivity index (χ0n) is 8.32. The average molecular weight is 191 g/mol. The third kappa shape index (κ3) is 2.48. The lowest BCUT2D eigenvalue weighted by molar-refractivity contribution is 0.193. The van der Waals surface area contributed by atoms with Crippen molar-refractivity contribution in [2.45, 2.75) is 20.0 Å². The minimum absolute atomic E-state index is 0.00276. The van der Waals surface area contributed by atoms with Gasteiger partial charge in [-0.15, -0.1) is 0 Å². The van der Waals surface area contributed by atoms with Gasteiger partial charge in [-0.1, -0.05) is 11.6 Å². The van der Waals surface area contributed by atoms with E-state index in [-0.39, 0.29) is 6.61 Å². The van der Waals surface area contributed by atoms with E-state index in [9.17, 15) is 5.11 Å². The predicted molar refractivity (Wildman–Crippen MR) is 52.9 cm³/mol. The minimum atomic E-state index is -0.580. The van der Waals surface area contributed by atoms with Crippen LogP contribution in [0.5, 0.6) is 5.75 Å². The molecule has 0 saturated heterocycles. The first kappa shape index (κ1) is 10.6. The van der Waals surface area contributed by atoms with Gasteiger partial charge < -0.3 is 9.84 Å². The van der Waals surface area contributed by atoms with E-state index in [0.29, 0.717) is 5.75 Å². The molecule has 1 rings (SSSR count). The highest BCUT2D eigenvalue weighted by atomic mass is 16.5. The molecule has 0 bridgehead atoms. The Kier molecular flexibility index (Phi) is 3.49. The van der Waals surface area contributed by atoms with E-state index >= 15 is 0 Å². The van der Waals surface area contributed by atoms with Crippen molar-refractivity contribution in [3.05, 3.63) is 29.3 Å². The zero-order chi connectivity index (χ0) is 10.6. The molecular weight excluding hydrogens is 178 g/mol. The summed E-state index contributed by atoms with van der Waals surface area (Å²) in [6, 6.07) is 7.41. The summed E-state index contributed by atoms with van der Waals surface area (Å²) in [7, 11) is 0. The Hall–Kier alpha value is -1.53. The van der Waals surface area contributed by atoms with Crippen molar-refractivity contribution in [3.63, 3.8) is 0 Å². The summed E-state index contributed by atoms with van der Waals surface area (Å²) < 4.78 is 5.18. The van der Waals surface area contributed by atoms with Crippen LogP contribution in [0, 0.1) is 18.3 Å². The minimum Gasteiger partial charge on any atom is -0.478 e. The molecule has 0 aliphatic heterocycles. The highest BCUT2D eigenvalue weighted by molar-refractivity contribution is 5.38. The van der Waals surface area contributed by atoms with Crippen LogP contribution in [0.3, 0.4) is 0 Å². The van der Waals surface area contributed by atoms with E-state index in [1.807, 2.05) is 25.1 Å². The van der Waals surface area contributed by atoms with E-state index in [4.69, 9.17) is 10.00 Å². The number of nitrogens with zero attached hydrogens (tertiary/aromatic N) is 1. The van der Waals surface area contributed by atoms with Crippen molar-refractivity contribution >= 4 is 0 Å². The van der Waals surface area contributed by atoms with Crippen LogP contribution in [0.25, 0.3) is 0 Å². The molecule has 1 aromatic carbocycles. The van der Waals surface area contributed by atoms with Gasteiger partial charge in [0.1, 0.15) is 11.8 Å². The maximum Gasteiger partial charge on any atom is 0.174 e. The van der Waals surface area contributed by atoms with Gasteiger partial charge in [-0.25, -0.2) is 0 Å². The van der Waals surface area contributed by atoms with Gasteiger partial charge in [-0.2, -0.15) is 5.26 Å². The maximum atomic E-state index is 9.47. The number of nitriles is 1. The molecule has 0 aliphatic rings. The van der Waals surface area contributed by atoms with Crippen LogP contribution in [0.4, 0.5) is 0 Å². The van der Waals surface area contributed by atoms with E-state index in [2.05, 4.69) is 0 Å². The fourth-order valence-electron chi connectivity index (χ4n) is 1.24. The van der Waals surface area contributed by atoms with Gasteiger partial charge in [0.2, 0.25) is 0 Å². The second kappa shape index (κ2) is 4.64. The number of rotatable bonds is 3. The summed E-state index contributed by atoms with van der Waals surface area (Å²) in [6.07, 6.45) is -0.580. The molecule has 0 amide bonds. The van der Waals surface area contributed by atoms with Gasteiger partial charge in [0.05, 0.1) is 6.10 Å². The molecule has 3 heteroatoms. The Labute approximate surface area is 83.6 Å². The highest BCUT2D eigenvalue weighted by Gasteiger charge is 2.08. The molecule has 1 unspecified atom stereocenters. The summed E-state index contributed by atoms with van der Waals surface area (Å²) in [5, 5.41) is 17.8. The normalized spacial score (nSPS) is 11.9. The van der Waals surface area contributed by atoms with Gasteiger partial charge in [-0.3, -0.25) is 0 Å². The van der Waals surface area contributed by atoms with Gasteiger partial charge >= 0.3 is 0 Å². The number of hydrogen-bond donors (Lipinski definition) is 1. The lowest BCUT2D eigenvalue weighted by Crippen LogP contribution is -2.00. The molecule has 1 N–H and O–H groups in total. The van der Waals surface area contributed by atoms with Crippen molar-refractivity contribution < 1.29 is 9.84 Å². The molecule has 0 spiro atoms. The lowest BCUT2D eigenvalue weighted by atomic mass is 10.1. The van der Waals surface area contributed by atoms with Gasteiger partial charge in [0.15, 0.2) is 6.61 Å². The van der Waals surface area contributed by atoms with Crippen LogP contribution < -0.4 is 4.74 Å². The molecule has 1 atom stereocenters. The van der Waals surface area contributed by atoms with Crippen LogP contribution >= 0.6 is 0 Å². The molecule has 1 aromatic rings. The average Bonchev–Trinajstić information content (AvgIpc) is 2.15. The highest BCUT2D eigenvalue weighted by Crippen LogP contribution is 2.25. The van der Waals surface area contributed by atoms with E-state index < -0.39 is 6.10 Å². The summed E-state index contributed by atoms with van der Waals surface area (Å²) in [6.45, 7) is 3.62. The van der Waals surface area contributed by atoms with Crippen LogP contribution in [-0.2, 0) is 0 Å². The van der Waals surface area contributed by atoms with Crippen molar-refractivity contribution in [1.82, 2.24) is 0 Å². The number of hydrogen-bond acceptors (Lipinski definition) is 3. The molecule has 3 nitrogen and oxygen atoms in total. The van der Waals surface area contributed by atoms with Crippen LogP contribution in [-0.4, -0.2) is 11.7 Å². The van der Waals surface area contributed by atoms with Crippen molar-refractivity contribution in [1.29, 1.82) is 5.26 Å².